The van der Waals surface area contributed by atoms with E-state index in [9.17, 15) is 4.79 Å². The quantitative estimate of drug-likeness (QED) is 0.245. The first kappa shape index (κ1) is 23.4. The molecular weight excluding hydrogens is 480 g/mol. The molecule has 0 atom stereocenters. The first-order valence-electron chi connectivity index (χ1n) is 11.6. The predicted molar refractivity (Wildman–Crippen MR) is 142 cm³/mol. The number of fused-ring (bicyclic) bond motifs is 1. The Morgan fingerprint density at radius 1 is 1.11 bits per heavy atom. The van der Waals surface area contributed by atoms with Crippen LogP contribution in [0, 0.1) is 0 Å². The van der Waals surface area contributed by atoms with E-state index in [1.165, 1.54) is 5.56 Å². The van der Waals surface area contributed by atoms with E-state index < -0.39 is 0 Å². The number of carbonyl (C=O) groups excluding carboxylic acids is 1. The molecule has 0 N–H and O–H groups in total. The first-order chi connectivity index (χ1) is 17.1. The molecule has 1 aromatic heterocycles. The summed E-state index contributed by atoms with van der Waals surface area (Å²) in [6.07, 6.45) is 1.71. The van der Waals surface area contributed by atoms with E-state index >= 15 is 0 Å². The number of thiazole rings is 1. The van der Waals surface area contributed by atoms with Crippen molar-refractivity contribution in [2.24, 2.45) is 0 Å². The first-order valence-corrected chi connectivity index (χ1v) is 12.9. The number of ether oxygens (including phenoxy) is 2. The van der Waals surface area contributed by atoms with Crippen LogP contribution in [-0.4, -0.2) is 30.6 Å². The molecule has 5 nitrogen and oxygen atoms in total. The number of rotatable bonds is 8. The van der Waals surface area contributed by atoms with Crippen LogP contribution >= 0.6 is 22.9 Å². The van der Waals surface area contributed by atoms with Crippen molar-refractivity contribution < 1.29 is 14.3 Å². The van der Waals surface area contributed by atoms with Gasteiger partial charge in [0, 0.05) is 23.1 Å². The van der Waals surface area contributed by atoms with Crippen LogP contribution in [0.2, 0.25) is 5.02 Å². The van der Waals surface area contributed by atoms with Crippen LogP contribution in [0.3, 0.4) is 0 Å². The minimum atomic E-state index is -0.0583. The van der Waals surface area contributed by atoms with Crippen molar-refractivity contribution in [3.05, 3.63) is 82.7 Å². The van der Waals surface area contributed by atoms with E-state index in [0.29, 0.717) is 30.3 Å². The van der Waals surface area contributed by atoms with Crippen LogP contribution < -0.4 is 14.4 Å². The number of anilines is 1. The number of hydrogen-bond donors (Lipinski definition) is 0. The lowest BCUT2D eigenvalue weighted by Gasteiger charge is -2.29. The highest BCUT2D eigenvalue weighted by molar-refractivity contribution is 7.13. The fourth-order valence-corrected chi connectivity index (χ4v) is 5.15. The van der Waals surface area contributed by atoms with Crippen LogP contribution in [-0.2, 0) is 11.2 Å². The van der Waals surface area contributed by atoms with E-state index in [1.54, 1.807) is 16.2 Å². The molecule has 7 heteroatoms. The van der Waals surface area contributed by atoms with Crippen LogP contribution in [0.1, 0.15) is 18.9 Å². The Labute approximate surface area is 213 Å². The molecule has 3 aromatic carbocycles. The molecule has 0 unspecified atom stereocenters. The van der Waals surface area contributed by atoms with Gasteiger partial charge in [-0.3, -0.25) is 4.79 Å². The molecule has 0 saturated carbocycles. The average Bonchev–Trinajstić information content (AvgIpc) is 3.38. The van der Waals surface area contributed by atoms with E-state index in [0.717, 1.165) is 39.7 Å². The number of benzene rings is 3. The third-order valence-electron chi connectivity index (χ3n) is 5.93. The van der Waals surface area contributed by atoms with Crippen molar-refractivity contribution in [3.8, 4) is 33.3 Å². The highest BCUT2D eigenvalue weighted by Gasteiger charge is 2.26. The second kappa shape index (κ2) is 10.5. The molecule has 5 rings (SSSR count). The van der Waals surface area contributed by atoms with E-state index in [1.807, 2.05) is 60.0 Å². The highest BCUT2D eigenvalue weighted by Crippen LogP contribution is 2.38. The van der Waals surface area contributed by atoms with Crippen molar-refractivity contribution >= 4 is 34.5 Å². The topological polar surface area (TPSA) is 51.7 Å². The lowest BCUT2D eigenvalue weighted by atomic mass is 10.1. The number of halogens is 1. The summed E-state index contributed by atoms with van der Waals surface area (Å²) in [5, 5.41) is 3.54. The normalized spacial score (nSPS) is 12.9. The van der Waals surface area contributed by atoms with Gasteiger partial charge < -0.3 is 14.4 Å². The zero-order valence-electron chi connectivity index (χ0n) is 19.4. The summed E-state index contributed by atoms with van der Waals surface area (Å²) in [5.41, 5.74) is 4.72. The van der Waals surface area contributed by atoms with Crippen molar-refractivity contribution in [2.45, 2.75) is 19.8 Å². The van der Waals surface area contributed by atoms with Gasteiger partial charge in [-0.15, -0.1) is 11.3 Å². The SMILES string of the molecule is CCc1ccc(OCCCN2C(=O)COc3ccc(-c4csc(-c5ccccc5Cl)n4)cc32)cc1. The molecule has 1 aliphatic heterocycles. The van der Waals surface area contributed by atoms with Crippen molar-refractivity contribution in [3.63, 3.8) is 0 Å². The lowest BCUT2D eigenvalue weighted by molar-refractivity contribution is -0.121. The number of aryl methyl sites for hydroxylation is 1. The molecule has 0 fully saturated rings. The summed E-state index contributed by atoms with van der Waals surface area (Å²) >= 11 is 7.90. The van der Waals surface area contributed by atoms with E-state index in [2.05, 4.69) is 19.1 Å². The summed E-state index contributed by atoms with van der Waals surface area (Å²) in [6, 6.07) is 21.7. The van der Waals surface area contributed by atoms with Gasteiger partial charge in [0.1, 0.15) is 16.5 Å². The van der Waals surface area contributed by atoms with Crippen LogP contribution in [0.5, 0.6) is 11.5 Å². The Bertz CT molecular complexity index is 1340. The van der Waals surface area contributed by atoms with Crippen molar-refractivity contribution in [2.75, 3.05) is 24.7 Å². The average molecular weight is 505 g/mol. The summed E-state index contributed by atoms with van der Waals surface area (Å²) in [4.78, 5) is 19.3. The van der Waals surface area contributed by atoms with Gasteiger partial charge in [0.15, 0.2) is 6.61 Å². The standard InChI is InChI=1S/C28H25ClN2O3S/c1-2-19-8-11-21(12-9-19)33-15-5-14-31-25-16-20(10-13-26(25)34-17-27(31)32)24-18-35-28(30-24)22-6-3-4-7-23(22)29/h3-4,6-13,16,18H,2,5,14-15,17H2,1H3. The number of nitrogens with zero attached hydrogens (tertiary/aromatic N) is 2. The summed E-state index contributed by atoms with van der Waals surface area (Å²) < 4.78 is 11.6. The van der Waals surface area contributed by atoms with E-state index in [4.69, 9.17) is 26.1 Å². The van der Waals surface area contributed by atoms with Gasteiger partial charge in [-0.05, 0) is 54.8 Å². The van der Waals surface area contributed by atoms with Crippen LogP contribution in [0.4, 0.5) is 5.69 Å². The third kappa shape index (κ3) is 5.19. The maximum Gasteiger partial charge on any atom is 0.265 e. The second-order valence-electron chi connectivity index (χ2n) is 8.23. The Kier molecular flexibility index (Phi) is 7.02. The minimum absolute atomic E-state index is 0.0407. The lowest BCUT2D eigenvalue weighted by Crippen LogP contribution is -2.39. The summed E-state index contributed by atoms with van der Waals surface area (Å²) in [7, 11) is 0. The predicted octanol–water partition coefficient (Wildman–Crippen LogP) is 6.89. The summed E-state index contributed by atoms with van der Waals surface area (Å²) in [6.45, 7) is 3.25. The zero-order chi connectivity index (χ0) is 24.2. The molecule has 0 radical (unpaired) electrons. The fourth-order valence-electron chi connectivity index (χ4n) is 4.01. The molecule has 35 heavy (non-hydrogen) atoms. The number of hydrogen-bond acceptors (Lipinski definition) is 5. The van der Waals surface area contributed by atoms with Crippen molar-refractivity contribution in [1.29, 1.82) is 0 Å². The largest absolute Gasteiger partial charge is 0.494 e. The van der Waals surface area contributed by atoms with Gasteiger partial charge in [-0.1, -0.05) is 48.9 Å². The van der Waals surface area contributed by atoms with Crippen molar-refractivity contribution in [1.82, 2.24) is 4.98 Å². The molecule has 4 aromatic rings. The zero-order valence-corrected chi connectivity index (χ0v) is 20.9. The maximum atomic E-state index is 12.7. The summed E-state index contributed by atoms with van der Waals surface area (Å²) in [5.74, 6) is 1.49. The number of amides is 1. The molecule has 2 heterocycles. The second-order valence-corrected chi connectivity index (χ2v) is 9.50. The third-order valence-corrected chi connectivity index (χ3v) is 7.14. The van der Waals surface area contributed by atoms with Gasteiger partial charge in [-0.2, -0.15) is 0 Å². The van der Waals surface area contributed by atoms with E-state index in [-0.39, 0.29) is 12.5 Å². The Morgan fingerprint density at radius 3 is 2.74 bits per heavy atom. The maximum absolute atomic E-state index is 12.7. The minimum Gasteiger partial charge on any atom is -0.494 e. The molecule has 178 valence electrons. The molecule has 0 bridgehead atoms. The number of carbonyl (C=O) groups is 1. The molecule has 0 aliphatic carbocycles. The molecule has 0 saturated heterocycles. The van der Waals surface area contributed by atoms with Crippen LogP contribution in [0.25, 0.3) is 21.8 Å². The van der Waals surface area contributed by atoms with Crippen LogP contribution in [0.15, 0.2) is 72.1 Å². The Hall–Kier alpha value is -3.35. The Morgan fingerprint density at radius 2 is 1.94 bits per heavy atom. The highest BCUT2D eigenvalue weighted by atomic mass is 35.5. The smallest absolute Gasteiger partial charge is 0.265 e. The molecule has 0 spiro atoms. The van der Waals surface area contributed by atoms with Gasteiger partial charge in [0.2, 0.25) is 0 Å². The molecule has 1 aliphatic rings. The van der Waals surface area contributed by atoms with Gasteiger partial charge in [0.05, 0.1) is 23.0 Å². The Balaban J connectivity index is 1.30. The monoisotopic (exact) mass is 504 g/mol. The van der Waals surface area contributed by atoms with Gasteiger partial charge in [-0.25, -0.2) is 4.98 Å². The number of aromatic nitrogens is 1. The van der Waals surface area contributed by atoms with Gasteiger partial charge >= 0.3 is 0 Å². The fraction of sp³-hybridized carbons (Fsp3) is 0.214. The molecular formula is C28H25ClN2O3S. The van der Waals surface area contributed by atoms with Gasteiger partial charge in [0.25, 0.3) is 5.91 Å². The molecule has 1 amide bonds.